The summed E-state index contributed by atoms with van der Waals surface area (Å²) in [5.41, 5.74) is 0.216. The van der Waals surface area contributed by atoms with Crippen LogP contribution in [0.4, 0.5) is 13.2 Å². The third-order valence-electron chi connectivity index (χ3n) is 4.71. The van der Waals surface area contributed by atoms with Gasteiger partial charge in [0.05, 0.1) is 21.8 Å². The van der Waals surface area contributed by atoms with E-state index in [1.807, 2.05) is 0 Å². The van der Waals surface area contributed by atoms with Crippen molar-refractivity contribution in [3.05, 3.63) is 103 Å². The van der Waals surface area contributed by atoms with Crippen LogP contribution in [0.3, 0.4) is 0 Å². The minimum atomic E-state index is -4.47. The number of carboxylic acid groups (broad SMARTS) is 1. The van der Waals surface area contributed by atoms with Crippen LogP contribution in [0, 0.1) is 0 Å². The molecule has 0 unspecified atom stereocenters. The van der Waals surface area contributed by atoms with Gasteiger partial charge in [-0.3, -0.25) is 4.79 Å². The molecule has 2 aromatic carbocycles. The van der Waals surface area contributed by atoms with Gasteiger partial charge in [-0.2, -0.15) is 13.2 Å². The number of halogens is 5. The SMILES string of the molecule is O=C(O)c1ccc(CCn2c(/C=C/c3cccc(C(F)(F)F)c3)c(Cl)cc(Cl)c2=O)cc1. The number of carbonyl (C=O) groups is 1. The minimum Gasteiger partial charge on any atom is -0.478 e. The number of alkyl halides is 3. The van der Waals surface area contributed by atoms with Crippen LogP contribution in [-0.2, 0) is 19.1 Å². The summed E-state index contributed by atoms with van der Waals surface area (Å²) in [5.74, 6) is -1.04. The molecule has 0 fully saturated rings. The Morgan fingerprint density at radius 2 is 1.69 bits per heavy atom. The molecule has 4 nitrogen and oxygen atoms in total. The summed E-state index contributed by atoms with van der Waals surface area (Å²) in [5, 5.41) is 9.06. The van der Waals surface area contributed by atoms with E-state index in [4.69, 9.17) is 28.3 Å². The summed E-state index contributed by atoms with van der Waals surface area (Å²) in [6.07, 6.45) is -1.20. The lowest BCUT2D eigenvalue weighted by atomic mass is 10.1. The van der Waals surface area contributed by atoms with Gasteiger partial charge < -0.3 is 9.67 Å². The smallest absolute Gasteiger partial charge is 0.416 e. The highest BCUT2D eigenvalue weighted by Crippen LogP contribution is 2.30. The van der Waals surface area contributed by atoms with Crippen LogP contribution < -0.4 is 5.56 Å². The van der Waals surface area contributed by atoms with E-state index in [9.17, 15) is 22.8 Å². The van der Waals surface area contributed by atoms with E-state index in [1.165, 1.54) is 47.1 Å². The van der Waals surface area contributed by atoms with E-state index in [2.05, 4.69) is 0 Å². The highest BCUT2D eigenvalue weighted by atomic mass is 35.5. The van der Waals surface area contributed by atoms with E-state index in [1.54, 1.807) is 12.1 Å². The number of nitrogens with zero attached hydrogens (tertiary/aromatic N) is 1. The van der Waals surface area contributed by atoms with Gasteiger partial charge >= 0.3 is 12.1 Å². The highest BCUT2D eigenvalue weighted by molar-refractivity contribution is 6.35. The maximum Gasteiger partial charge on any atom is 0.416 e. The Morgan fingerprint density at radius 3 is 2.31 bits per heavy atom. The Kier molecular flexibility index (Phi) is 7.11. The number of aryl methyl sites for hydroxylation is 1. The van der Waals surface area contributed by atoms with Crippen LogP contribution in [0.2, 0.25) is 10.0 Å². The van der Waals surface area contributed by atoms with Crippen molar-refractivity contribution in [2.45, 2.75) is 19.1 Å². The number of hydrogen-bond acceptors (Lipinski definition) is 2. The number of hydrogen-bond donors (Lipinski definition) is 1. The first kappa shape index (κ1) is 23.6. The number of aromatic carboxylic acids is 1. The van der Waals surface area contributed by atoms with Crippen LogP contribution in [0.5, 0.6) is 0 Å². The fourth-order valence-corrected chi connectivity index (χ4v) is 3.60. The van der Waals surface area contributed by atoms with Crippen molar-refractivity contribution < 1.29 is 23.1 Å². The Bertz CT molecular complexity index is 1230. The summed E-state index contributed by atoms with van der Waals surface area (Å²) in [4.78, 5) is 23.6. The van der Waals surface area contributed by atoms with Crippen molar-refractivity contribution in [2.24, 2.45) is 0 Å². The van der Waals surface area contributed by atoms with E-state index >= 15 is 0 Å². The molecule has 3 aromatic rings. The predicted molar refractivity (Wildman–Crippen MR) is 118 cm³/mol. The summed E-state index contributed by atoms with van der Waals surface area (Å²) in [6, 6.07) is 12.2. The van der Waals surface area contributed by atoms with Gasteiger partial charge in [0.15, 0.2) is 0 Å². The predicted octanol–water partition coefficient (Wildman–Crippen LogP) is 6.29. The maximum atomic E-state index is 12.9. The zero-order valence-corrected chi connectivity index (χ0v) is 17.9. The second kappa shape index (κ2) is 9.63. The molecule has 0 bridgehead atoms. The number of pyridine rings is 1. The van der Waals surface area contributed by atoms with Gasteiger partial charge in [-0.05, 0) is 54.0 Å². The number of carboxylic acids is 1. The van der Waals surface area contributed by atoms with E-state index < -0.39 is 23.3 Å². The van der Waals surface area contributed by atoms with Gasteiger partial charge in [-0.25, -0.2) is 4.79 Å². The fraction of sp³-hybridized carbons (Fsp3) is 0.130. The first-order valence-electron chi connectivity index (χ1n) is 9.32. The number of rotatable bonds is 6. The monoisotopic (exact) mass is 481 g/mol. The standard InChI is InChI=1S/C23H16Cl2F3NO3/c24-18-13-19(25)21(30)29(11-10-14-4-7-16(8-5-14)22(31)32)20(18)9-6-15-2-1-3-17(12-15)23(26,27)28/h1-9,12-13H,10-11H2,(H,31,32)/b9-6+. The molecule has 0 amide bonds. The molecule has 0 radical (unpaired) electrons. The molecule has 3 rings (SSSR count). The molecule has 9 heteroatoms. The largest absolute Gasteiger partial charge is 0.478 e. The molecular weight excluding hydrogens is 466 g/mol. The minimum absolute atomic E-state index is 0.0903. The van der Waals surface area contributed by atoms with Gasteiger partial charge in [0.2, 0.25) is 0 Å². The first-order chi connectivity index (χ1) is 15.1. The van der Waals surface area contributed by atoms with Gasteiger partial charge in [0.1, 0.15) is 5.02 Å². The molecule has 0 spiro atoms. The van der Waals surface area contributed by atoms with Crippen LogP contribution in [0.1, 0.15) is 32.7 Å². The quantitative estimate of drug-likeness (QED) is 0.450. The van der Waals surface area contributed by atoms with E-state index in [-0.39, 0.29) is 27.7 Å². The summed E-state index contributed by atoms with van der Waals surface area (Å²) >= 11 is 12.3. The van der Waals surface area contributed by atoms with Crippen molar-refractivity contribution in [3.63, 3.8) is 0 Å². The maximum absolute atomic E-state index is 12.9. The lowest BCUT2D eigenvalue weighted by Gasteiger charge is -2.13. The molecular formula is C23H16Cl2F3NO3. The highest BCUT2D eigenvalue weighted by Gasteiger charge is 2.30. The van der Waals surface area contributed by atoms with Crippen LogP contribution in [0.15, 0.2) is 59.4 Å². The summed E-state index contributed by atoms with van der Waals surface area (Å²) in [6.45, 7) is 0.174. The van der Waals surface area contributed by atoms with Gasteiger partial charge in [0, 0.05) is 6.54 Å². The molecule has 1 aromatic heterocycles. The van der Waals surface area contributed by atoms with Crippen molar-refractivity contribution in [1.82, 2.24) is 4.57 Å². The zero-order chi connectivity index (χ0) is 23.5. The topological polar surface area (TPSA) is 59.3 Å². The summed E-state index contributed by atoms with van der Waals surface area (Å²) < 4.78 is 40.2. The van der Waals surface area contributed by atoms with Crippen molar-refractivity contribution in [2.75, 3.05) is 0 Å². The Morgan fingerprint density at radius 1 is 1.00 bits per heavy atom. The Labute approximate surface area is 191 Å². The molecule has 0 aliphatic rings. The van der Waals surface area contributed by atoms with Gasteiger partial charge in [0.25, 0.3) is 5.56 Å². The van der Waals surface area contributed by atoms with Gasteiger partial charge in [-0.1, -0.05) is 53.5 Å². The van der Waals surface area contributed by atoms with E-state index in [0.29, 0.717) is 12.1 Å². The normalized spacial score (nSPS) is 11.8. The molecule has 0 saturated carbocycles. The average molecular weight is 482 g/mol. The third-order valence-corrected chi connectivity index (χ3v) is 5.28. The Balaban J connectivity index is 1.91. The third kappa shape index (κ3) is 5.60. The second-order valence-corrected chi connectivity index (χ2v) is 7.71. The lowest BCUT2D eigenvalue weighted by molar-refractivity contribution is -0.137. The van der Waals surface area contributed by atoms with Crippen molar-refractivity contribution in [3.8, 4) is 0 Å². The molecule has 1 heterocycles. The zero-order valence-electron chi connectivity index (χ0n) is 16.4. The van der Waals surface area contributed by atoms with Crippen molar-refractivity contribution >= 4 is 41.3 Å². The molecule has 166 valence electrons. The number of aromatic nitrogens is 1. The summed E-state index contributed by atoms with van der Waals surface area (Å²) in [7, 11) is 0. The molecule has 0 atom stereocenters. The molecule has 32 heavy (non-hydrogen) atoms. The van der Waals surface area contributed by atoms with Gasteiger partial charge in [-0.15, -0.1) is 0 Å². The van der Waals surface area contributed by atoms with Crippen molar-refractivity contribution in [1.29, 1.82) is 0 Å². The van der Waals surface area contributed by atoms with Crippen LogP contribution in [0.25, 0.3) is 12.2 Å². The second-order valence-electron chi connectivity index (χ2n) is 6.89. The first-order valence-corrected chi connectivity index (χ1v) is 10.1. The molecule has 0 saturated heterocycles. The molecule has 1 N–H and O–H groups in total. The average Bonchev–Trinajstić information content (AvgIpc) is 2.74. The van der Waals surface area contributed by atoms with Crippen LogP contribution >= 0.6 is 23.2 Å². The molecule has 0 aliphatic carbocycles. The van der Waals surface area contributed by atoms with E-state index in [0.717, 1.165) is 17.7 Å². The Hall–Kier alpha value is -3.03. The lowest BCUT2D eigenvalue weighted by Crippen LogP contribution is -2.24. The fourth-order valence-electron chi connectivity index (χ4n) is 3.05. The number of benzene rings is 2. The molecule has 0 aliphatic heterocycles. The van der Waals surface area contributed by atoms with Crippen LogP contribution in [-0.4, -0.2) is 15.6 Å².